The molecule has 0 fully saturated rings. The van der Waals surface area contributed by atoms with Gasteiger partial charge in [0.25, 0.3) is 0 Å². The van der Waals surface area contributed by atoms with Crippen LogP contribution in [-0.4, -0.2) is 28.2 Å². The molecule has 1 aliphatic heterocycles. The normalized spacial score (nSPS) is 13.1. The zero-order valence-corrected chi connectivity index (χ0v) is 12.6. The quantitative estimate of drug-likeness (QED) is 0.629. The Morgan fingerprint density at radius 3 is 3.00 bits per heavy atom. The third kappa shape index (κ3) is 3.60. The molecule has 0 aliphatic carbocycles. The summed E-state index contributed by atoms with van der Waals surface area (Å²) in [5, 5.41) is 0. The highest BCUT2D eigenvalue weighted by Crippen LogP contribution is 2.37. The van der Waals surface area contributed by atoms with E-state index in [1.54, 1.807) is 12.1 Å². The van der Waals surface area contributed by atoms with E-state index in [9.17, 15) is 8.42 Å². The van der Waals surface area contributed by atoms with Crippen LogP contribution < -0.4 is 4.72 Å². The Morgan fingerprint density at radius 1 is 1.45 bits per heavy atom. The van der Waals surface area contributed by atoms with Crippen LogP contribution in [0.25, 0.3) is 0 Å². The number of hydrogen-bond acceptors (Lipinski definition) is 5. The zero-order chi connectivity index (χ0) is 14.6. The van der Waals surface area contributed by atoms with Crippen molar-refractivity contribution in [3.63, 3.8) is 0 Å². The Labute approximate surface area is 121 Å². The summed E-state index contributed by atoms with van der Waals surface area (Å²) < 4.78 is 40.2. The molecule has 20 heavy (non-hydrogen) atoms. The van der Waals surface area contributed by atoms with Gasteiger partial charge >= 0.3 is 0 Å². The van der Waals surface area contributed by atoms with Crippen molar-refractivity contribution >= 4 is 32.8 Å². The van der Waals surface area contributed by atoms with Crippen LogP contribution in [0.1, 0.15) is 6.92 Å². The van der Waals surface area contributed by atoms with E-state index in [4.69, 9.17) is 4.74 Å². The summed E-state index contributed by atoms with van der Waals surface area (Å²) in [7, 11) is -3.61. The zero-order valence-electron chi connectivity index (χ0n) is 11.0. The van der Waals surface area contributed by atoms with Gasteiger partial charge < -0.3 is 4.74 Å². The summed E-state index contributed by atoms with van der Waals surface area (Å²) in [6.45, 7) is 6.46. The van der Waals surface area contributed by atoms with Gasteiger partial charge in [0.1, 0.15) is 16.3 Å². The van der Waals surface area contributed by atoms with Crippen LogP contribution in [0.5, 0.6) is 0 Å². The first-order chi connectivity index (χ1) is 9.50. The topological polar surface area (TPSA) is 80.1 Å². The molecule has 1 N–H and O–H groups in total. The van der Waals surface area contributed by atoms with Gasteiger partial charge in [-0.25, -0.2) is 13.1 Å². The molecule has 0 atom stereocenters. The Hall–Kier alpha value is -1.35. The second-order valence-electron chi connectivity index (χ2n) is 4.30. The van der Waals surface area contributed by atoms with Crippen molar-refractivity contribution in [3.05, 3.63) is 30.4 Å². The lowest BCUT2D eigenvalue weighted by Crippen LogP contribution is -2.27. The van der Waals surface area contributed by atoms with Gasteiger partial charge in [0, 0.05) is 6.54 Å². The minimum atomic E-state index is -3.61. The van der Waals surface area contributed by atoms with E-state index >= 15 is 0 Å². The maximum absolute atomic E-state index is 12.2. The lowest BCUT2D eigenvalue weighted by Gasteiger charge is -2.09. The number of sulfonamides is 1. The maximum atomic E-state index is 12.2. The predicted octanol–water partition coefficient (Wildman–Crippen LogP) is 2.28. The molecule has 108 valence electrons. The van der Waals surface area contributed by atoms with E-state index in [-0.39, 0.29) is 18.0 Å². The van der Waals surface area contributed by atoms with Crippen molar-refractivity contribution in [1.29, 1.82) is 0 Å². The highest BCUT2D eigenvalue weighted by atomic mass is 32.2. The first kappa shape index (κ1) is 15.0. The van der Waals surface area contributed by atoms with Crippen LogP contribution in [0.3, 0.4) is 0 Å². The predicted molar refractivity (Wildman–Crippen MR) is 78.8 cm³/mol. The van der Waals surface area contributed by atoms with Crippen LogP contribution >= 0.6 is 0 Å². The van der Waals surface area contributed by atoms with Crippen molar-refractivity contribution < 1.29 is 13.2 Å². The minimum Gasteiger partial charge on any atom is -0.376 e. The van der Waals surface area contributed by atoms with E-state index in [2.05, 4.69) is 20.0 Å². The molecule has 0 aromatic heterocycles. The molecular weight excluding hydrogens is 298 g/mol. The van der Waals surface area contributed by atoms with Crippen molar-refractivity contribution in [2.75, 3.05) is 19.8 Å². The SMILES string of the molecule is C=C(C)COCCNS(=O)(=O)c1cccc2c1N=S=N2. The number of rotatable bonds is 7. The molecule has 1 heterocycles. The Bertz CT molecular complexity index is 692. The van der Waals surface area contributed by atoms with E-state index < -0.39 is 10.0 Å². The lowest BCUT2D eigenvalue weighted by atomic mass is 10.3. The van der Waals surface area contributed by atoms with Crippen LogP contribution in [0.2, 0.25) is 0 Å². The number of hydrogen-bond donors (Lipinski definition) is 1. The summed E-state index contributed by atoms with van der Waals surface area (Å²) in [5.74, 6) is 0. The standard InChI is InChI=1S/C12H15N3O3S2/c1-9(2)8-18-7-6-13-20(16,17)11-5-3-4-10-12(11)15-19-14-10/h3-5,13H,1,6-8H2,2H3. The number of nitrogens with zero attached hydrogens (tertiary/aromatic N) is 2. The fourth-order valence-corrected chi connectivity index (χ4v) is 3.35. The second kappa shape index (κ2) is 6.40. The van der Waals surface area contributed by atoms with Crippen LogP contribution in [0.15, 0.2) is 44.0 Å². The molecule has 0 saturated carbocycles. The fourth-order valence-electron chi connectivity index (χ4n) is 1.57. The molecule has 0 radical (unpaired) electrons. The van der Waals surface area contributed by atoms with E-state index in [1.807, 2.05) is 6.92 Å². The smallest absolute Gasteiger partial charge is 0.242 e. The summed E-state index contributed by atoms with van der Waals surface area (Å²) >= 11 is 0.992. The van der Waals surface area contributed by atoms with Gasteiger partial charge in [0.05, 0.1) is 24.6 Å². The second-order valence-corrected chi connectivity index (χ2v) is 6.56. The van der Waals surface area contributed by atoms with Crippen LogP contribution in [0, 0.1) is 0 Å². The first-order valence-corrected chi connectivity index (χ1v) is 8.15. The summed E-state index contributed by atoms with van der Waals surface area (Å²) in [4.78, 5) is 0.142. The third-order valence-corrected chi connectivity index (χ3v) is 4.46. The van der Waals surface area contributed by atoms with Gasteiger partial charge in [-0.05, 0) is 19.1 Å². The molecule has 8 heteroatoms. The average Bonchev–Trinajstić information content (AvgIpc) is 2.85. The van der Waals surface area contributed by atoms with E-state index in [0.717, 1.165) is 16.9 Å². The average molecular weight is 313 g/mol. The van der Waals surface area contributed by atoms with Crippen molar-refractivity contribution in [1.82, 2.24) is 4.72 Å². The van der Waals surface area contributed by atoms with Gasteiger partial charge in [0.15, 0.2) is 0 Å². The Kier molecular flexibility index (Phi) is 4.81. The van der Waals surface area contributed by atoms with Gasteiger partial charge in [0.2, 0.25) is 10.0 Å². The highest BCUT2D eigenvalue weighted by molar-refractivity contribution is 7.89. The van der Waals surface area contributed by atoms with Crippen LogP contribution in [0.4, 0.5) is 11.4 Å². The molecule has 6 nitrogen and oxygen atoms in total. The lowest BCUT2D eigenvalue weighted by molar-refractivity contribution is 0.162. The van der Waals surface area contributed by atoms with Crippen LogP contribution in [-0.2, 0) is 26.1 Å². The third-order valence-electron chi connectivity index (χ3n) is 2.43. The molecule has 1 aromatic rings. The summed E-state index contributed by atoms with van der Waals surface area (Å²) in [5.41, 5.74) is 1.87. The minimum absolute atomic E-state index is 0.142. The molecule has 0 amide bonds. The maximum Gasteiger partial charge on any atom is 0.242 e. The van der Waals surface area contributed by atoms with Gasteiger partial charge in [-0.3, -0.25) is 0 Å². The summed E-state index contributed by atoms with van der Waals surface area (Å²) in [6.07, 6.45) is 0. The molecule has 0 spiro atoms. The van der Waals surface area contributed by atoms with E-state index in [0.29, 0.717) is 18.0 Å². The van der Waals surface area contributed by atoms with Gasteiger partial charge in [-0.1, -0.05) is 18.2 Å². The number of ether oxygens (including phenoxy) is 1. The van der Waals surface area contributed by atoms with E-state index in [1.165, 1.54) is 6.07 Å². The van der Waals surface area contributed by atoms with Gasteiger partial charge in [-0.15, -0.1) is 0 Å². The molecule has 0 saturated heterocycles. The van der Waals surface area contributed by atoms with Crippen molar-refractivity contribution in [2.24, 2.45) is 8.73 Å². The Morgan fingerprint density at radius 2 is 2.25 bits per heavy atom. The number of nitrogens with one attached hydrogen (secondary N) is 1. The van der Waals surface area contributed by atoms with Crippen molar-refractivity contribution in [3.8, 4) is 0 Å². The Balaban J connectivity index is 2.00. The van der Waals surface area contributed by atoms with Gasteiger partial charge in [-0.2, -0.15) is 8.73 Å². The molecule has 2 rings (SSSR count). The largest absolute Gasteiger partial charge is 0.376 e. The number of benzene rings is 1. The monoisotopic (exact) mass is 313 g/mol. The molecule has 1 aliphatic rings. The molecular formula is C12H15N3O3S2. The molecule has 0 bridgehead atoms. The first-order valence-electron chi connectivity index (χ1n) is 5.94. The fraction of sp³-hybridized carbons (Fsp3) is 0.333. The van der Waals surface area contributed by atoms with Crippen molar-refractivity contribution in [2.45, 2.75) is 11.8 Å². The molecule has 0 unspecified atom stereocenters. The molecule has 1 aromatic carbocycles. The number of fused-ring (bicyclic) bond motifs is 1. The highest BCUT2D eigenvalue weighted by Gasteiger charge is 2.21. The summed E-state index contributed by atoms with van der Waals surface area (Å²) in [6, 6.07) is 4.89.